The highest BCUT2D eigenvalue weighted by atomic mass is 35.5. The Hall–Kier alpha value is -1.13. The Morgan fingerprint density at radius 3 is 2.53 bits per heavy atom. The monoisotopic (exact) mass is 233 g/mol. The van der Waals surface area contributed by atoms with Crippen molar-refractivity contribution in [3.63, 3.8) is 0 Å². The molecule has 0 saturated heterocycles. The number of carbonyl (C=O) groups excluding carboxylic acids is 1. The zero-order valence-corrected chi connectivity index (χ0v) is 9.31. The maximum atomic E-state index is 13.3. The van der Waals surface area contributed by atoms with Gasteiger partial charge in [-0.1, -0.05) is 6.07 Å². The third-order valence-corrected chi connectivity index (χ3v) is 1.92. The Morgan fingerprint density at radius 1 is 1.53 bits per heavy atom. The van der Waals surface area contributed by atoms with Crippen molar-refractivity contribution in [1.29, 1.82) is 0 Å². The highest BCUT2D eigenvalue weighted by molar-refractivity contribution is 5.89. The molecule has 3 nitrogen and oxygen atoms in total. The van der Waals surface area contributed by atoms with E-state index in [1.54, 1.807) is 13.0 Å². The number of carbonyl (C=O) groups is 1. The molecule has 0 unspecified atom stereocenters. The minimum absolute atomic E-state index is 0. The number of halogens is 2. The van der Waals surface area contributed by atoms with Gasteiger partial charge in [-0.25, -0.2) is 9.18 Å². The normalized spacial score (nSPS) is 11.5. The fourth-order valence-electron chi connectivity index (χ4n) is 1.09. The second-order valence-corrected chi connectivity index (χ2v) is 3.02. The van der Waals surface area contributed by atoms with Crippen LogP contribution in [-0.4, -0.2) is 13.1 Å². The molecule has 0 aliphatic carbocycles. The Morgan fingerprint density at radius 2 is 2.13 bits per heavy atom. The summed E-state index contributed by atoms with van der Waals surface area (Å²) in [5.41, 5.74) is 6.13. The highest BCUT2D eigenvalue weighted by Crippen LogP contribution is 2.15. The van der Waals surface area contributed by atoms with E-state index in [9.17, 15) is 9.18 Å². The van der Waals surface area contributed by atoms with Crippen LogP contribution in [0.2, 0.25) is 0 Å². The van der Waals surface area contributed by atoms with Crippen molar-refractivity contribution in [2.75, 3.05) is 7.11 Å². The Kier molecular flexibility index (Phi) is 5.25. The van der Waals surface area contributed by atoms with Gasteiger partial charge in [0.2, 0.25) is 0 Å². The zero-order chi connectivity index (χ0) is 10.7. The highest BCUT2D eigenvalue weighted by Gasteiger charge is 2.12. The molecule has 0 heterocycles. The first-order valence-corrected chi connectivity index (χ1v) is 4.19. The van der Waals surface area contributed by atoms with Crippen LogP contribution in [0.25, 0.3) is 0 Å². The summed E-state index contributed by atoms with van der Waals surface area (Å²) in [5.74, 6) is -1.29. The van der Waals surface area contributed by atoms with Crippen LogP contribution >= 0.6 is 12.4 Å². The molecular formula is C10H13ClFNO2. The van der Waals surface area contributed by atoms with Crippen LogP contribution in [-0.2, 0) is 4.74 Å². The van der Waals surface area contributed by atoms with Gasteiger partial charge in [0, 0.05) is 6.04 Å². The minimum atomic E-state index is -0.682. The third kappa shape index (κ3) is 3.18. The average Bonchev–Trinajstić information content (AvgIpc) is 2.16. The van der Waals surface area contributed by atoms with E-state index in [2.05, 4.69) is 4.74 Å². The first-order chi connectivity index (χ1) is 6.56. The average molecular weight is 234 g/mol. The summed E-state index contributed by atoms with van der Waals surface area (Å²) in [6.45, 7) is 1.74. The lowest BCUT2D eigenvalue weighted by Gasteiger charge is -2.07. The summed E-state index contributed by atoms with van der Waals surface area (Å²) in [5, 5.41) is 0. The van der Waals surface area contributed by atoms with E-state index in [0.29, 0.717) is 5.56 Å². The largest absolute Gasteiger partial charge is 0.465 e. The first kappa shape index (κ1) is 13.9. The van der Waals surface area contributed by atoms with Crippen LogP contribution in [0.15, 0.2) is 18.2 Å². The number of ether oxygens (including phenoxy) is 1. The number of hydrogen-bond donors (Lipinski definition) is 1. The standard InChI is InChI=1S/C10H12FNO2.ClH/c1-6(12)7-3-4-8(9(11)5-7)10(13)14-2;/h3-6H,12H2,1-2H3;1H/t6-;/m0./s1. The summed E-state index contributed by atoms with van der Waals surface area (Å²) in [4.78, 5) is 11.0. The molecule has 1 aromatic rings. The van der Waals surface area contributed by atoms with Gasteiger partial charge < -0.3 is 10.5 Å². The summed E-state index contributed by atoms with van der Waals surface area (Å²) < 4.78 is 17.7. The lowest BCUT2D eigenvalue weighted by Crippen LogP contribution is -2.08. The first-order valence-electron chi connectivity index (χ1n) is 4.19. The molecule has 15 heavy (non-hydrogen) atoms. The van der Waals surface area contributed by atoms with Crippen LogP contribution in [0.4, 0.5) is 4.39 Å². The molecule has 0 bridgehead atoms. The Labute approximate surface area is 93.8 Å². The molecule has 1 atom stereocenters. The van der Waals surface area contributed by atoms with Gasteiger partial charge in [-0.2, -0.15) is 0 Å². The molecule has 0 amide bonds. The second kappa shape index (κ2) is 5.68. The molecular weight excluding hydrogens is 221 g/mol. The molecule has 0 aliphatic rings. The molecule has 0 aliphatic heterocycles. The maximum absolute atomic E-state index is 13.3. The molecule has 0 saturated carbocycles. The smallest absolute Gasteiger partial charge is 0.340 e. The summed E-state index contributed by atoms with van der Waals surface area (Å²) in [7, 11) is 1.21. The molecule has 0 aromatic heterocycles. The number of benzene rings is 1. The number of methoxy groups -OCH3 is 1. The van der Waals surface area contributed by atoms with E-state index >= 15 is 0 Å². The summed E-state index contributed by atoms with van der Waals surface area (Å²) in [6.07, 6.45) is 0. The van der Waals surface area contributed by atoms with Gasteiger partial charge in [0.05, 0.1) is 12.7 Å². The van der Waals surface area contributed by atoms with Gasteiger partial charge in [-0.15, -0.1) is 12.4 Å². The van der Waals surface area contributed by atoms with Crippen LogP contribution in [0.5, 0.6) is 0 Å². The van der Waals surface area contributed by atoms with Crippen molar-refractivity contribution >= 4 is 18.4 Å². The van der Waals surface area contributed by atoms with Crippen LogP contribution in [0, 0.1) is 5.82 Å². The van der Waals surface area contributed by atoms with E-state index in [1.807, 2.05) is 0 Å². The van der Waals surface area contributed by atoms with Gasteiger partial charge in [0.15, 0.2) is 0 Å². The predicted octanol–water partition coefficient (Wildman–Crippen LogP) is 2.05. The minimum Gasteiger partial charge on any atom is -0.465 e. The van der Waals surface area contributed by atoms with Crippen molar-refractivity contribution in [2.45, 2.75) is 13.0 Å². The quantitative estimate of drug-likeness (QED) is 0.796. The molecule has 2 N–H and O–H groups in total. The van der Waals surface area contributed by atoms with E-state index in [4.69, 9.17) is 5.73 Å². The van der Waals surface area contributed by atoms with E-state index < -0.39 is 11.8 Å². The van der Waals surface area contributed by atoms with Gasteiger partial charge in [-0.3, -0.25) is 0 Å². The van der Waals surface area contributed by atoms with Crippen molar-refractivity contribution < 1.29 is 13.9 Å². The van der Waals surface area contributed by atoms with Crippen molar-refractivity contribution in [3.05, 3.63) is 35.1 Å². The van der Waals surface area contributed by atoms with Crippen LogP contribution < -0.4 is 5.73 Å². The molecule has 1 aromatic carbocycles. The Balaban J connectivity index is 0.00000196. The topological polar surface area (TPSA) is 52.3 Å². The lowest BCUT2D eigenvalue weighted by atomic mass is 10.1. The molecule has 84 valence electrons. The van der Waals surface area contributed by atoms with E-state index in [1.165, 1.54) is 19.2 Å². The summed E-state index contributed by atoms with van der Waals surface area (Å²) >= 11 is 0. The zero-order valence-electron chi connectivity index (χ0n) is 8.49. The van der Waals surface area contributed by atoms with Crippen LogP contribution in [0.1, 0.15) is 28.9 Å². The van der Waals surface area contributed by atoms with Gasteiger partial charge in [0.1, 0.15) is 5.82 Å². The van der Waals surface area contributed by atoms with Gasteiger partial charge in [-0.05, 0) is 24.6 Å². The Bertz CT molecular complexity index is 355. The lowest BCUT2D eigenvalue weighted by molar-refractivity contribution is 0.0595. The molecule has 0 radical (unpaired) electrons. The third-order valence-electron chi connectivity index (χ3n) is 1.92. The number of esters is 1. The van der Waals surface area contributed by atoms with Crippen molar-refractivity contribution in [2.24, 2.45) is 5.73 Å². The fraction of sp³-hybridized carbons (Fsp3) is 0.300. The SMILES string of the molecule is COC(=O)c1ccc([C@H](C)N)cc1F.Cl. The maximum Gasteiger partial charge on any atom is 0.340 e. The number of rotatable bonds is 2. The molecule has 1 rings (SSSR count). The van der Waals surface area contributed by atoms with Crippen molar-refractivity contribution in [1.82, 2.24) is 0 Å². The van der Waals surface area contributed by atoms with Crippen molar-refractivity contribution in [3.8, 4) is 0 Å². The van der Waals surface area contributed by atoms with Crippen LogP contribution in [0.3, 0.4) is 0 Å². The number of nitrogens with two attached hydrogens (primary N) is 1. The van der Waals surface area contributed by atoms with Gasteiger partial charge >= 0.3 is 5.97 Å². The van der Waals surface area contributed by atoms with E-state index in [0.717, 1.165) is 0 Å². The molecule has 0 spiro atoms. The number of hydrogen-bond acceptors (Lipinski definition) is 3. The fourth-order valence-corrected chi connectivity index (χ4v) is 1.09. The molecule has 0 fully saturated rings. The predicted molar refractivity (Wildman–Crippen MR) is 57.6 cm³/mol. The van der Waals surface area contributed by atoms with Gasteiger partial charge in [0.25, 0.3) is 0 Å². The van der Waals surface area contributed by atoms with E-state index in [-0.39, 0.29) is 24.0 Å². The summed E-state index contributed by atoms with van der Waals surface area (Å²) in [6, 6.07) is 3.98. The second-order valence-electron chi connectivity index (χ2n) is 3.02. The molecule has 5 heteroatoms.